The number of ether oxygens (including phenoxy) is 1. The van der Waals surface area contributed by atoms with Crippen LogP contribution in [-0.4, -0.2) is 71.6 Å². The van der Waals surface area contributed by atoms with Gasteiger partial charge in [0.2, 0.25) is 5.91 Å². The predicted octanol–water partition coefficient (Wildman–Crippen LogP) is 7.81. The van der Waals surface area contributed by atoms with Crippen molar-refractivity contribution in [2.24, 2.45) is 56.2 Å². The molecule has 9 atom stereocenters. The van der Waals surface area contributed by atoms with Gasteiger partial charge >= 0.3 is 11.9 Å². The predicted molar refractivity (Wildman–Crippen MR) is 185 cm³/mol. The molecule has 6 fully saturated rings. The van der Waals surface area contributed by atoms with E-state index >= 15 is 0 Å². The van der Waals surface area contributed by atoms with Crippen LogP contribution in [0.4, 0.5) is 0 Å². The Labute approximate surface area is 285 Å². The molecule has 1 amide bonds. The fourth-order valence-corrected chi connectivity index (χ4v) is 13.6. The van der Waals surface area contributed by atoms with E-state index in [1.165, 1.54) is 38.5 Å². The molecule has 5 saturated carbocycles. The number of aliphatic carboxylic acids is 1. The minimum absolute atomic E-state index is 0.0270. The van der Waals surface area contributed by atoms with Crippen molar-refractivity contribution in [1.82, 2.24) is 9.80 Å². The van der Waals surface area contributed by atoms with E-state index in [4.69, 9.17) is 4.74 Å². The van der Waals surface area contributed by atoms with E-state index in [1.807, 2.05) is 13.8 Å². The zero-order valence-corrected chi connectivity index (χ0v) is 31.1. The maximum Gasteiger partial charge on any atom is 0.306 e. The first-order valence-corrected chi connectivity index (χ1v) is 19.4. The standard InChI is InChI=1S/C40H66N2O5/c1-9-41-21-23-42(24-22-41)34(46)40-16-10-11-29(40)27-12-13-30-37(6,28(27)14-18-40)19-20-39(8)36(4,5)31(15-17-38(30,39)7)47-33(45)26-35(2,3)25-32(43)44/h27-31H,9-26H2,1-8H3,(H,43,44). The smallest absolute Gasteiger partial charge is 0.306 e. The Bertz CT molecular complexity index is 1240. The normalized spacial score (nSPS) is 43.2. The second-order valence-electron chi connectivity index (χ2n) is 19.2. The molecule has 0 aromatic carbocycles. The average Bonchev–Trinajstić information content (AvgIpc) is 3.45. The Morgan fingerprint density at radius 1 is 0.809 bits per heavy atom. The highest BCUT2D eigenvalue weighted by Crippen LogP contribution is 2.77. The highest BCUT2D eigenvalue weighted by Gasteiger charge is 2.71. The number of hydrogen-bond donors (Lipinski definition) is 1. The number of carboxylic acids is 1. The SMILES string of the molecule is CCN1CCN(C(=O)C23CCCC2C2CCC4C(C)(CCC5(C)C(C)(C)C(OC(=O)CC(C)(C)CC(=O)O)CCC45C)C2CC3)CC1. The van der Waals surface area contributed by atoms with Gasteiger partial charge in [-0.25, -0.2) is 0 Å². The quantitative estimate of drug-likeness (QED) is 0.282. The Hall–Kier alpha value is -1.63. The molecule has 7 nitrogen and oxygen atoms in total. The summed E-state index contributed by atoms with van der Waals surface area (Å²) in [5.74, 6) is 1.91. The summed E-state index contributed by atoms with van der Waals surface area (Å²) in [6, 6.07) is 0. The van der Waals surface area contributed by atoms with E-state index in [0.717, 1.165) is 64.8 Å². The molecule has 6 rings (SSSR count). The lowest BCUT2D eigenvalue weighted by Crippen LogP contribution is -2.68. The second kappa shape index (κ2) is 12.0. The number of carbonyl (C=O) groups is 3. The molecular weight excluding hydrogens is 588 g/mol. The van der Waals surface area contributed by atoms with Crippen molar-refractivity contribution in [2.45, 2.75) is 145 Å². The van der Waals surface area contributed by atoms with Crippen molar-refractivity contribution in [3.05, 3.63) is 0 Å². The van der Waals surface area contributed by atoms with Crippen LogP contribution in [0.2, 0.25) is 0 Å². The summed E-state index contributed by atoms with van der Waals surface area (Å²) in [5.41, 5.74) is -0.474. The molecule has 0 radical (unpaired) electrons. The van der Waals surface area contributed by atoms with Gasteiger partial charge in [0.05, 0.1) is 18.3 Å². The number of carbonyl (C=O) groups excluding carboxylic acids is 2. The molecule has 9 unspecified atom stereocenters. The van der Waals surface area contributed by atoms with Crippen LogP contribution in [0.15, 0.2) is 0 Å². The van der Waals surface area contributed by atoms with Gasteiger partial charge in [0, 0.05) is 31.6 Å². The Kier molecular flexibility index (Phi) is 8.99. The molecule has 1 N–H and O–H groups in total. The van der Waals surface area contributed by atoms with Gasteiger partial charge in [-0.15, -0.1) is 0 Å². The largest absolute Gasteiger partial charge is 0.481 e. The number of fused-ring (bicyclic) bond motifs is 7. The maximum absolute atomic E-state index is 14.4. The molecular formula is C40H66N2O5. The number of nitrogens with zero attached hydrogens (tertiary/aromatic N) is 2. The molecule has 5 aliphatic carbocycles. The Morgan fingerprint density at radius 2 is 1.51 bits per heavy atom. The number of carboxylic acid groups (broad SMARTS) is 1. The number of hydrogen-bond acceptors (Lipinski definition) is 5. The van der Waals surface area contributed by atoms with Crippen LogP contribution in [-0.2, 0) is 19.1 Å². The fraction of sp³-hybridized carbons (Fsp3) is 0.925. The topological polar surface area (TPSA) is 87.2 Å². The minimum atomic E-state index is -0.877. The van der Waals surface area contributed by atoms with Crippen molar-refractivity contribution < 1.29 is 24.2 Å². The van der Waals surface area contributed by atoms with Crippen LogP contribution in [0.5, 0.6) is 0 Å². The van der Waals surface area contributed by atoms with Crippen LogP contribution >= 0.6 is 0 Å². The lowest BCUT2D eigenvalue weighted by Gasteiger charge is -2.73. The van der Waals surface area contributed by atoms with Gasteiger partial charge in [-0.2, -0.15) is 0 Å². The van der Waals surface area contributed by atoms with Gasteiger partial charge in [-0.1, -0.05) is 61.8 Å². The molecule has 1 saturated heterocycles. The van der Waals surface area contributed by atoms with Gasteiger partial charge in [0.25, 0.3) is 0 Å². The summed E-state index contributed by atoms with van der Waals surface area (Å²) in [4.78, 5) is 43.7. The van der Waals surface area contributed by atoms with Crippen LogP contribution in [0, 0.1) is 56.2 Å². The van der Waals surface area contributed by atoms with Gasteiger partial charge in [-0.3, -0.25) is 14.4 Å². The summed E-state index contributed by atoms with van der Waals surface area (Å²) in [6.45, 7) is 23.3. The van der Waals surface area contributed by atoms with Crippen molar-refractivity contribution in [2.75, 3.05) is 32.7 Å². The van der Waals surface area contributed by atoms with E-state index < -0.39 is 11.4 Å². The highest BCUT2D eigenvalue weighted by molar-refractivity contribution is 5.84. The van der Waals surface area contributed by atoms with E-state index in [-0.39, 0.29) is 52.0 Å². The summed E-state index contributed by atoms with van der Waals surface area (Å²) < 4.78 is 6.30. The average molecular weight is 655 g/mol. The lowest BCUT2D eigenvalue weighted by molar-refractivity contribution is -0.261. The first-order chi connectivity index (χ1) is 21.9. The maximum atomic E-state index is 14.4. The van der Waals surface area contributed by atoms with E-state index in [2.05, 4.69) is 51.3 Å². The third kappa shape index (κ3) is 5.41. The molecule has 1 heterocycles. The molecule has 1 aliphatic heterocycles. The Balaban J connectivity index is 1.19. The first kappa shape index (κ1) is 35.2. The summed E-state index contributed by atoms with van der Waals surface area (Å²) in [5, 5.41) is 9.33. The highest BCUT2D eigenvalue weighted by atomic mass is 16.5. The molecule has 0 aromatic heterocycles. The number of esters is 1. The van der Waals surface area contributed by atoms with Gasteiger partial charge < -0.3 is 19.6 Å². The molecule has 6 aliphatic rings. The van der Waals surface area contributed by atoms with Crippen molar-refractivity contribution in [1.29, 1.82) is 0 Å². The third-order valence-corrected chi connectivity index (χ3v) is 16.6. The number of likely N-dealkylation sites (N-methyl/N-ethyl adjacent to an activating group) is 1. The molecule has 7 heteroatoms. The van der Waals surface area contributed by atoms with Gasteiger partial charge in [0.1, 0.15) is 6.10 Å². The van der Waals surface area contributed by atoms with Crippen molar-refractivity contribution >= 4 is 17.8 Å². The number of amides is 1. The molecule has 47 heavy (non-hydrogen) atoms. The van der Waals surface area contributed by atoms with E-state index in [0.29, 0.717) is 29.6 Å². The van der Waals surface area contributed by atoms with E-state index in [9.17, 15) is 19.5 Å². The number of rotatable bonds is 7. The van der Waals surface area contributed by atoms with Crippen molar-refractivity contribution in [3.63, 3.8) is 0 Å². The first-order valence-electron chi connectivity index (χ1n) is 19.4. The molecule has 0 bridgehead atoms. The number of piperazine rings is 1. The fourth-order valence-electron chi connectivity index (χ4n) is 13.6. The zero-order valence-electron chi connectivity index (χ0n) is 31.1. The van der Waals surface area contributed by atoms with Crippen molar-refractivity contribution in [3.8, 4) is 0 Å². The Morgan fingerprint density at radius 3 is 2.17 bits per heavy atom. The van der Waals surface area contributed by atoms with Gasteiger partial charge in [0.15, 0.2) is 0 Å². The van der Waals surface area contributed by atoms with Crippen LogP contribution in [0.1, 0.15) is 139 Å². The van der Waals surface area contributed by atoms with Gasteiger partial charge in [-0.05, 0) is 116 Å². The summed E-state index contributed by atoms with van der Waals surface area (Å²) >= 11 is 0. The zero-order chi connectivity index (χ0) is 34.2. The van der Waals surface area contributed by atoms with E-state index in [1.54, 1.807) is 0 Å². The molecule has 266 valence electrons. The minimum Gasteiger partial charge on any atom is -0.481 e. The summed E-state index contributed by atoms with van der Waals surface area (Å²) in [7, 11) is 0. The van der Waals surface area contributed by atoms with Crippen LogP contribution < -0.4 is 0 Å². The molecule has 0 aromatic rings. The molecule has 0 spiro atoms. The lowest BCUT2D eigenvalue weighted by atomic mass is 9.32. The third-order valence-electron chi connectivity index (χ3n) is 16.6. The second-order valence-corrected chi connectivity index (χ2v) is 19.2. The van der Waals surface area contributed by atoms with Crippen LogP contribution in [0.25, 0.3) is 0 Å². The summed E-state index contributed by atoms with van der Waals surface area (Å²) in [6.07, 6.45) is 12.6. The monoisotopic (exact) mass is 654 g/mol. The van der Waals surface area contributed by atoms with Crippen LogP contribution in [0.3, 0.4) is 0 Å².